The van der Waals surface area contributed by atoms with Crippen LogP contribution in [0.3, 0.4) is 0 Å². The van der Waals surface area contributed by atoms with Crippen LogP contribution >= 0.6 is 36.6 Å². The van der Waals surface area contributed by atoms with Crippen LogP contribution in [0.1, 0.15) is 5.56 Å². The van der Waals surface area contributed by atoms with Gasteiger partial charge in [0.15, 0.2) is 5.16 Å². The predicted octanol–water partition coefficient (Wildman–Crippen LogP) is 4.55. The molecule has 1 fully saturated rings. The van der Waals surface area contributed by atoms with Crippen molar-refractivity contribution in [2.24, 2.45) is 0 Å². The van der Waals surface area contributed by atoms with Crippen LogP contribution in [0, 0.1) is 0 Å². The summed E-state index contributed by atoms with van der Waals surface area (Å²) < 4.78 is 7.81. The van der Waals surface area contributed by atoms with Crippen LogP contribution in [0.5, 0.6) is 0 Å². The third kappa shape index (κ3) is 5.88. The normalized spacial score (nSPS) is 14.4. The Kier molecular flexibility index (Phi) is 9.62. The standard InChI is InChI=1S/C21H25N3OS.2ClH/c1-2-6-18(7-3-1)10-11-24-20-9-5-4-8-19(20)22-21(24)26-17-14-23-12-15-25-16-13-23;;/h1-9H,10-17H2;2*1H. The second-order valence-electron chi connectivity index (χ2n) is 6.57. The first-order valence-corrected chi connectivity index (χ1v) is 10.3. The highest BCUT2D eigenvalue weighted by Crippen LogP contribution is 2.24. The van der Waals surface area contributed by atoms with Gasteiger partial charge >= 0.3 is 0 Å². The van der Waals surface area contributed by atoms with Gasteiger partial charge in [0.1, 0.15) is 0 Å². The van der Waals surface area contributed by atoms with Crippen molar-refractivity contribution in [3.63, 3.8) is 0 Å². The number of hydrogen-bond donors (Lipinski definition) is 0. The zero-order valence-corrected chi connectivity index (χ0v) is 18.3. The Morgan fingerprint density at radius 3 is 2.39 bits per heavy atom. The zero-order valence-electron chi connectivity index (χ0n) is 15.8. The molecule has 152 valence electrons. The van der Waals surface area contributed by atoms with Gasteiger partial charge in [-0.25, -0.2) is 4.98 Å². The number of aryl methyl sites for hydroxylation is 2. The van der Waals surface area contributed by atoms with Crippen molar-refractivity contribution >= 4 is 47.6 Å². The minimum atomic E-state index is 0. The van der Waals surface area contributed by atoms with Crippen LogP contribution in [-0.2, 0) is 17.7 Å². The second-order valence-corrected chi connectivity index (χ2v) is 7.63. The number of nitrogens with zero attached hydrogens (tertiary/aromatic N) is 3. The van der Waals surface area contributed by atoms with Crippen LogP contribution in [-0.4, -0.2) is 53.1 Å². The van der Waals surface area contributed by atoms with E-state index in [1.165, 1.54) is 11.1 Å². The Morgan fingerprint density at radius 2 is 1.61 bits per heavy atom. The maximum atomic E-state index is 5.43. The monoisotopic (exact) mass is 439 g/mol. The van der Waals surface area contributed by atoms with Crippen molar-refractivity contribution in [2.75, 3.05) is 38.6 Å². The van der Waals surface area contributed by atoms with E-state index in [9.17, 15) is 0 Å². The van der Waals surface area contributed by atoms with E-state index in [1.54, 1.807) is 0 Å². The molecule has 0 atom stereocenters. The number of hydrogen-bond acceptors (Lipinski definition) is 4. The summed E-state index contributed by atoms with van der Waals surface area (Å²) >= 11 is 1.87. The third-order valence-electron chi connectivity index (χ3n) is 4.83. The van der Waals surface area contributed by atoms with Gasteiger partial charge in [0, 0.05) is 31.9 Å². The fourth-order valence-corrected chi connectivity index (χ4v) is 4.40. The molecule has 0 aliphatic carbocycles. The Bertz CT molecular complexity index is 838. The molecule has 28 heavy (non-hydrogen) atoms. The molecular formula is C21H27Cl2N3OS. The molecule has 7 heteroatoms. The Hall–Kier alpha value is -1.24. The van der Waals surface area contributed by atoms with E-state index >= 15 is 0 Å². The van der Waals surface area contributed by atoms with Crippen molar-refractivity contribution in [2.45, 2.75) is 18.1 Å². The van der Waals surface area contributed by atoms with Crippen LogP contribution in [0.4, 0.5) is 0 Å². The topological polar surface area (TPSA) is 30.3 Å². The molecule has 0 saturated carbocycles. The van der Waals surface area contributed by atoms with Gasteiger partial charge in [-0.05, 0) is 24.1 Å². The maximum Gasteiger partial charge on any atom is 0.169 e. The number of benzene rings is 2. The molecule has 4 nitrogen and oxygen atoms in total. The molecule has 4 rings (SSSR count). The number of morpholine rings is 1. The molecule has 2 heterocycles. The highest BCUT2D eigenvalue weighted by Gasteiger charge is 2.13. The first-order valence-electron chi connectivity index (χ1n) is 9.32. The van der Waals surface area contributed by atoms with Gasteiger partial charge < -0.3 is 9.30 Å². The largest absolute Gasteiger partial charge is 0.379 e. The molecule has 0 bridgehead atoms. The molecular weight excluding hydrogens is 413 g/mol. The van der Waals surface area contributed by atoms with Gasteiger partial charge in [-0.15, -0.1) is 24.8 Å². The number of thioether (sulfide) groups is 1. The van der Waals surface area contributed by atoms with Crippen molar-refractivity contribution in [1.82, 2.24) is 14.5 Å². The quantitative estimate of drug-likeness (QED) is 0.505. The molecule has 0 amide bonds. The number of fused-ring (bicyclic) bond motifs is 1. The van der Waals surface area contributed by atoms with Crippen molar-refractivity contribution < 1.29 is 4.74 Å². The summed E-state index contributed by atoms with van der Waals surface area (Å²) in [5.74, 6) is 1.06. The van der Waals surface area contributed by atoms with E-state index in [1.807, 2.05) is 11.8 Å². The average Bonchev–Trinajstić information content (AvgIpc) is 3.05. The van der Waals surface area contributed by atoms with Crippen molar-refractivity contribution in [1.29, 1.82) is 0 Å². The Labute approximate surface area is 183 Å². The fourth-order valence-electron chi connectivity index (χ4n) is 3.36. The first-order chi connectivity index (χ1) is 12.9. The predicted molar refractivity (Wildman–Crippen MR) is 122 cm³/mol. The minimum absolute atomic E-state index is 0. The molecule has 0 spiro atoms. The summed E-state index contributed by atoms with van der Waals surface area (Å²) in [4.78, 5) is 7.37. The molecule has 2 aromatic carbocycles. The van der Waals surface area contributed by atoms with Crippen molar-refractivity contribution in [3.8, 4) is 0 Å². The molecule has 1 aliphatic rings. The van der Waals surface area contributed by atoms with E-state index in [0.717, 1.165) is 62.2 Å². The van der Waals surface area contributed by atoms with E-state index in [2.05, 4.69) is 64.1 Å². The lowest BCUT2D eigenvalue weighted by molar-refractivity contribution is 0.0410. The number of para-hydroxylation sites is 2. The third-order valence-corrected chi connectivity index (χ3v) is 5.79. The molecule has 0 radical (unpaired) electrons. The van der Waals surface area contributed by atoms with Crippen molar-refractivity contribution in [3.05, 3.63) is 60.2 Å². The maximum absolute atomic E-state index is 5.43. The van der Waals surface area contributed by atoms with Gasteiger partial charge in [0.25, 0.3) is 0 Å². The van der Waals surface area contributed by atoms with Crippen LogP contribution in [0.25, 0.3) is 11.0 Å². The Morgan fingerprint density at radius 1 is 0.893 bits per heavy atom. The van der Waals surface area contributed by atoms with Gasteiger partial charge in [0.2, 0.25) is 0 Å². The number of ether oxygens (including phenoxy) is 1. The van der Waals surface area contributed by atoms with E-state index in [-0.39, 0.29) is 24.8 Å². The van der Waals surface area contributed by atoms with E-state index in [4.69, 9.17) is 9.72 Å². The van der Waals surface area contributed by atoms with Crippen LogP contribution < -0.4 is 0 Å². The van der Waals surface area contributed by atoms with E-state index in [0.29, 0.717) is 0 Å². The number of imidazole rings is 1. The first kappa shape index (κ1) is 23.0. The van der Waals surface area contributed by atoms with E-state index < -0.39 is 0 Å². The smallest absolute Gasteiger partial charge is 0.169 e. The average molecular weight is 440 g/mol. The highest BCUT2D eigenvalue weighted by atomic mass is 35.5. The molecule has 0 unspecified atom stereocenters. The zero-order chi connectivity index (χ0) is 17.6. The van der Waals surface area contributed by atoms with Gasteiger partial charge in [-0.2, -0.15) is 0 Å². The van der Waals surface area contributed by atoms with Crippen LogP contribution in [0.15, 0.2) is 59.8 Å². The lowest BCUT2D eigenvalue weighted by Crippen LogP contribution is -2.37. The van der Waals surface area contributed by atoms with Gasteiger partial charge in [0.05, 0.1) is 24.2 Å². The number of halogens is 2. The number of aromatic nitrogens is 2. The SMILES string of the molecule is Cl.Cl.c1ccc(CCn2c(SCCN3CCOCC3)nc3ccccc32)cc1. The molecule has 3 aromatic rings. The lowest BCUT2D eigenvalue weighted by Gasteiger charge is -2.26. The number of rotatable bonds is 7. The summed E-state index contributed by atoms with van der Waals surface area (Å²) in [6, 6.07) is 19.2. The highest BCUT2D eigenvalue weighted by molar-refractivity contribution is 7.99. The summed E-state index contributed by atoms with van der Waals surface area (Å²) in [5, 5.41) is 1.13. The summed E-state index contributed by atoms with van der Waals surface area (Å²) in [7, 11) is 0. The Balaban J connectivity index is 0.00000140. The summed E-state index contributed by atoms with van der Waals surface area (Å²) in [6.07, 6.45) is 1.03. The van der Waals surface area contributed by atoms with Crippen LogP contribution in [0.2, 0.25) is 0 Å². The minimum Gasteiger partial charge on any atom is -0.379 e. The van der Waals surface area contributed by atoms with Gasteiger partial charge in [-0.3, -0.25) is 4.90 Å². The molecule has 0 N–H and O–H groups in total. The summed E-state index contributed by atoms with van der Waals surface area (Å²) in [6.45, 7) is 5.87. The lowest BCUT2D eigenvalue weighted by atomic mass is 10.1. The molecule has 1 aliphatic heterocycles. The fraction of sp³-hybridized carbons (Fsp3) is 0.381. The molecule has 1 aromatic heterocycles. The second kappa shape index (κ2) is 11.7. The summed E-state index contributed by atoms with van der Waals surface area (Å²) in [5.41, 5.74) is 3.70. The van der Waals surface area contributed by atoms with Gasteiger partial charge in [-0.1, -0.05) is 54.2 Å². The molecule has 1 saturated heterocycles.